The first kappa shape index (κ1) is 16.0. The minimum absolute atomic E-state index is 0.405. The molecule has 0 aromatic heterocycles. The third-order valence-corrected chi connectivity index (χ3v) is 5.40. The third kappa shape index (κ3) is 3.72. The summed E-state index contributed by atoms with van der Waals surface area (Å²) in [5.74, 6) is 4.55. The summed E-state index contributed by atoms with van der Waals surface area (Å²) in [4.78, 5) is 1.39. The minimum Gasteiger partial charge on any atom is -0.497 e. The molecule has 0 aliphatic heterocycles. The van der Waals surface area contributed by atoms with Crippen molar-refractivity contribution in [2.45, 2.75) is 29.5 Å². The van der Waals surface area contributed by atoms with Gasteiger partial charge >= 0.3 is 0 Å². The highest BCUT2D eigenvalue weighted by Gasteiger charge is 2.23. The maximum absolute atomic E-state index is 5.36. The van der Waals surface area contributed by atoms with E-state index in [1.165, 1.54) is 21.6 Å². The van der Waals surface area contributed by atoms with Gasteiger partial charge in [-0.1, -0.05) is 30.2 Å². The van der Waals surface area contributed by atoms with Crippen molar-refractivity contribution in [2.24, 2.45) is 0 Å². The number of terminal acetylenes is 1. The van der Waals surface area contributed by atoms with Gasteiger partial charge in [-0.15, -0.1) is 18.2 Å². The first-order valence-corrected chi connectivity index (χ1v) is 8.84. The van der Waals surface area contributed by atoms with Crippen LogP contribution in [-0.2, 0) is 12.2 Å². The second-order valence-electron chi connectivity index (χ2n) is 5.64. The lowest BCUT2D eigenvalue weighted by Crippen LogP contribution is -2.19. The summed E-state index contributed by atoms with van der Waals surface area (Å²) in [7, 11) is 1.70. The van der Waals surface area contributed by atoms with Gasteiger partial charge in [-0.2, -0.15) is 0 Å². The number of nitrogens with one attached hydrogen (secondary N) is 1. The highest BCUT2D eigenvalue weighted by Crippen LogP contribution is 2.38. The van der Waals surface area contributed by atoms with E-state index in [9.17, 15) is 0 Å². The second kappa shape index (κ2) is 7.59. The van der Waals surface area contributed by atoms with E-state index in [0.717, 1.165) is 24.3 Å². The van der Waals surface area contributed by atoms with Crippen LogP contribution >= 0.6 is 11.8 Å². The molecule has 2 aromatic rings. The number of ether oxygens (including phenoxy) is 1. The summed E-state index contributed by atoms with van der Waals surface area (Å²) in [5.41, 5.74) is 4.22. The van der Waals surface area contributed by atoms with Gasteiger partial charge in [-0.3, -0.25) is 5.32 Å². The van der Waals surface area contributed by atoms with E-state index in [-0.39, 0.29) is 0 Å². The zero-order valence-electron chi connectivity index (χ0n) is 13.3. The predicted molar refractivity (Wildman–Crippen MR) is 96.9 cm³/mol. The van der Waals surface area contributed by atoms with Gasteiger partial charge in [0.05, 0.1) is 13.7 Å². The Hall–Kier alpha value is -1.89. The van der Waals surface area contributed by atoms with Crippen LogP contribution in [0.1, 0.15) is 29.2 Å². The van der Waals surface area contributed by atoms with Gasteiger partial charge in [0.25, 0.3) is 0 Å². The molecular formula is C20H21NOS. The Morgan fingerprint density at radius 3 is 2.83 bits per heavy atom. The van der Waals surface area contributed by atoms with E-state index in [1.54, 1.807) is 7.11 Å². The van der Waals surface area contributed by atoms with Crippen LogP contribution in [0.2, 0.25) is 0 Å². The summed E-state index contributed by atoms with van der Waals surface area (Å²) in [6.45, 7) is 0.632. The van der Waals surface area contributed by atoms with E-state index in [2.05, 4.69) is 41.6 Å². The van der Waals surface area contributed by atoms with Crippen molar-refractivity contribution in [2.75, 3.05) is 13.7 Å². The zero-order chi connectivity index (χ0) is 16.1. The molecule has 0 saturated heterocycles. The predicted octanol–water partition coefficient (Wildman–Crippen LogP) is 4.20. The van der Waals surface area contributed by atoms with E-state index in [1.807, 2.05) is 23.9 Å². The molecule has 1 aliphatic rings. The highest BCUT2D eigenvalue weighted by molar-refractivity contribution is 7.98. The van der Waals surface area contributed by atoms with Gasteiger partial charge in [-0.05, 0) is 47.7 Å². The Balaban J connectivity index is 1.69. The van der Waals surface area contributed by atoms with Crippen molar-refractivity contribution < 1.29 is 4.74 Å². The van der Waals surface area contributed by atoms with Crippen LogP contribution in [0, 0.1) is 12.3 Å². The quantitative estimate of drug-likeness (QED) is 0.636. The van der Waals surface area contributed by atoms with E-state index >= 15 is 0 Å². The fourth-order valence-corrected chi connectivity index (χ4v) is 4.12. The van der Waals surface area contributed by atoms with Crippen molar-refractivity contribution >= 4 is 11.8 Å². The molecule has 0 bridgehead atoms. The molecule has 0 fully saturated rings. The molecule has 0 heterocycles. The molecule has 0 amide bonds. The lowest BCUT2D eigenvalue weighted by molar-refractivity contribution is 0.414. The second-order valence-corrected chi connectivity index (χ2v) is 6.65. The molecule has 2 nitrogen and oxygen atoms in total. The van der Waals surface area contributed by atoms with E-state index in [0.29, 0.717) is 12.6 Å². The van der Waals surface area contributed by atoms with Crippen molar-refractivity contribution in [1.82, 2.24) is 5.32 Å². The maximum atomic E-state index is 5.36. The Morgan fingerprint density at radius 1 is 1.26 bits per heavy atom. The first-order chi connectivity index (χ1) is 11.3. The number of methoxy groups -OCH3 is 1. The van der Waals surface area contributed by atoms with Gasteiger partial charge in [0.1, 0.15) is 5.75 Å². The molecule has 0 spiro atoms. The monoisotopic (exact) mass is 323 g/mol. The number of benzene rings is 2. The smallest absolute Gasteiger partial charge is 0.118 e. The zero-order valence-corrected chi connectivity index (χ0v) is 14.2. The topological polar surface area (TPSA) is 21.3 Å². The summed E-state index contributed by atoms with van der Waals surface area (Å²) in [6.07, 6.45) is 7.63. The molecule has 0 saturated carbocycles. The molecule has 3 rings (SSSR count). The first-order valence-electron chi connectivity index (χ1n) is 7.86. The van der Waals surface area contributed by atoms with Crippen LogP contribution in [0.4, 0.5) is 0 Å². The largest absolute Gasteiger partial charge is 0.497 e. The van der Waals surface area contributed by atoms with Gasteiger partial charge in [0.15, 0.2) is 0 Å². The Morgan fingerprint density at radius 2 is 2.09 bits per heavy atom. The van der Waals surface area contributed by atoms with Crippen LogP contribution in [0.3, 0.4) is 0 Å². The average molecular weight is 323 g/mol. The Kier molecular flexibility index (Phi) is 5.27. The minimum atomic E-state index is 0.405. The fraction of sp³-hybridized carbons (Fsp3) is 0.300. The lowest BCUT2D eigenvalue weighted by Gasteiger charge is -2.13. The molecule has 1 aliphatic carbocycles. The third-order valence-electron chi connectivity index (χ3n) is 4.23. The standard InChI is InChI=1S/C20H21NOS/c1-3-13-21-19-12-11-18-17(19)5-4-6-20(18)23-14-15-7-9-16(22-2)10-8-15/h1,4-10,19,21H,11-14H2,2H3. The molecule has 3 heteroatoms. The lowest BCUT2D eigenvalue weighted by atomic mass is 10.1. The summed E-state index contributed by atoms with van der Waals surface area (Å²) in [6, 6.07) is 15.3. The molecule has 1 unspecified atom stereocenters. The van der Waals surface area contributed by atoms with E-state index in [4.69, 9.17) is 11.2 Å². The average Bonchev–Trinajstić information content (AvgIpc) is 3.02. The van der Waals surface area contributed by atoms with Crippen LogP contribution < -0.4 is 10.1 Å². The van der Waals surface area contributed by atoms with Crippen molar-refractivity contribution in [3.05, 3.63) is 59.2 Å². The Labute approximate surface area is 142 Å². The SMILES string of the molecule is C#CCNC1CCc2c(SCc3ccc(OC)cc3)cccc21. The summed E-state index contributed by atoms with van der Waals surface area (Å²) >= 11 is 1.91. The molecule has 118 valence electrons. The van der Waals surface area contributed by atoms with Gasteiger partial charge in [0, 0.05) is 16.7 Å². The van der Waals surface area contributed by atoms with Crippen LogP contribution in [0.15, 0.2) is 47.4 Å². The van der Waals surface area contributed by atoms with Gasteiger partial charge in [-0.25, -0.2) is 0 Å². The molecule has 1 N–H and O–H groups in total. The normalized spacial score (nSPS) is 15.9. The van der Waals surface area contributed by atoms with Gasteiger partial charge < -0.3 is 4.74 Å². The molecule has 23 heavy (non-hydrogen) atoms. The fourth-order valence-electron chi connectivity index (χ4n) is 3.03. The number of fused-ring (bicyclic) bond motifs is 1. The van der Waals surface area contributed by atoms with Crippen LogP contribution in [0.25, 0.3) is 0 Å². The number of hydrogen-bond acceptors (Lipinski definition) is 3. The van der Waals surface area contributed by atoms with Crippen molar-refractivity contribution in [3.63, 3.8) is 0 Å². The molecule has 0 radical (unpaired) electrons. The van der Waals surface area contributed by atoms with Crippen LogP contribution in [-0.4, -0.2) is 13.7 Å². The summed E-state index contributed by atoms with van der Waals surface area (Å²) in [5, 5.41) is 3.44. The number of rotatable bonds is 6. The van der Waals surface area contributed by atoms with Crippen molar-refractivity contribution in [3.8, 4) is 18.1 Å². The van der Waals surface area contributed by atoms with Crippen molar-refractivity contribution in [1.29, 1.82) is 0 Å². The summed E-state index contributed by atoms with van der Waals surface area (Å²) < 4.78 is 5.21. The molecule has 1 atom stereocenters. The molecular weight excluding hydrogens is 302 g/mol. The molecule has 2 aromatic carbocycles. The number of thioether (sulfide) groups is 1. The number of hydrogen-bond donors (Lipinski definition) is 1. The van der Waals surface area contributed by atoms with Crippen LogP contribution in [0.5, 0.6) is 5.75 Å². The maximum Gasteiger partial charge on any atom is 0.118 e. The Bertz CT molecular complexity index is 703. The van der Waals surface area contributed by atoms with E-state index < -0.39 is 0 Å². The highest BCUT2D eigenvalue weighted by atomic mass is 32.2. The van der Waals surface area contributed by atoms with Gasteiger partial charge in [0.2, 0.25) is 0 Å².